The maximum Gasteiger partial charge on any atom is 0.170 e. The average molecular weight is 457 g/mol. The van der Waals surface area contributed by atoms with Crippen LogP contribution in [0.3, 0.4) is 0 Å². The number of hydrogen-bond acceptors (Lipinski definition) is 3. The lowest BCUT2D eigenvalue weighted by Gasteiger charge is -2.27. The number of rotatable bonds is 6. The van der Waals surface area contributed by atoms with Crippen LogP contribution < -0.4 is 5.32 Å². The van der Waals surface area contributed by atoms with Crippen molar-refractivity contribution in [2.75, 3.05) is 0 Å². The Hall–Kier alpha value is -3.38. The quantitative estimate of drug-likeness (QED) is 0.371. The van der Waals surface area contributed by atoms with E-state index in [0.717, 1.165) is 17.9 Å². The summed E-state index contributed by atoms with van der Waals surface area (Å²) < 4.78 is 8.05. The molecule has 0 amide bonds. The van der Waals surface area contributed by atoms with Gasteiger partial charge in [-0.2, -0.15) is 0 Å². The standard InChI is InChI=1S/C27H28N4OS/c1-4-20-10-5-6-13-24(20)31-18(2)16-22(19(31)3)26-25(23-12-7-8-14-28-23)29-27(33)30(26)17-21-11-9-15-32-21/h5-16,25-26H,4,17H2,1-3H3,(H,29,33)/t25-,26+/m0/s1. The molecular weight excluding hydrogens is 428 g/mol. The summed E-state index contributed by atoms with van der Waals surface area (Å²) in [5.41, 5.74) is 7.22. The van der Waals surface area contributed by atoms with Crippen molar-refractivity contribution in [2.24, 2.45) is 0 Å². The Labute approximate surface area is 200 Å². The van der Waals surface area contributed by atoms with Crippen molar-refractivity contribution in [1.29, 1.82) is 0 Å². The Balaban J connectivity index is 1.64. The first-order valence-corrected chi connectivity index (χ1v) is 11.8. The molecule has 1 saturated heterocycles. The van der Waals surface area contributed by atoms with Crippen LogP contribution in [0, 0.1) is 13.8 Å². The lowest BCUT2D eigenvalue weighted by molar-refractivity contribution is 0.286. The minimum absolute atomic E-state index is 0.00811. The highest BCUT2D eigenvalue weighted by atomic mass is 32.1. The van der Waals surface area contributed by atoms with E-state index in [0.29, 0.717) is 11.7 Å². The molecule has 4 heterocycles. The average Bonchev–Trinajstić information content (AvgIpc) is 3.53. The van der Waals surface area contributed by atoms with Crippen molar-refractivity contribution in [1.82, 2.24) is 19.8 Å². The third-order valence-corrected chi connectivity index (χ3v) is 6.86. The summed E-state index contributed by atoms with van der Waals surface area (Å²) in [6, 6.07) is 20.8. The van der Waals surface area contributed by atoms with Gasteiger partial charge in [-0.15, -0.1) is 0 Å². The van der Waals surface area contributed by atoms with Gasteiger partial charge in [0.15, 0.2) is 5.11 Å². The van der Waals surface area contributed by atoms with Gasteiger partial charge in [-0.25, -0.2) is 0 Å². The molecule has 5 nitrogen and oxygen atoms in total. The predicted molar refractivity (Wildman–Crippen MR) is 134 cm³/mol. The molecule has 4 aromatic rings. The van der Waals surface area contributed by atoms with Crippen molar-refractivity contribution >= 4 is 17.3 Å². The van der Waals surface area contributed by atoms with Gasteiger partial charge in [-0.1, -0.05) is 31.2 Å². The summed E-state index contributed by atoms with van der Waals surface area (Å²) >= 11 is 5.82. The zero-order valence-corrected chi connectivity index (χ0v) is 20.0. The van der Waals surface area contributed by atoms with Crippen molar-refractivity contribution in [2.45, 2.75) is 45.8 Å². The van der Waals surface area contributed by atoms with Gasteiger partial charge in [0.2, 0.25) is 0 Å². The van der Waals surface area contributed by atoms with E-state index in [1.54, 1.807) is 6.26 Å². The summed E-state index contributed by atoms with van der Waals surface area (Å²) in [4.78, 5) is 6.90. The number of thiocarbonyl (C=S) groups is 1. The van der Waals surface area contributed by atoms with Crippen LogP contribution >= 0.6 is 12.2 Å². The second-order valence-corrected chi connectivity index (χ2v) is 8.86. The highest BCUT2D eigenvalue weighted by molar-refractivity contribution is 7.80. The molecule has 1 aliphatic heterocycles. The van der Waals surface area contributed by atoms with Crippen molar-refractivity contribution in [3.8, 4) is 5.69 Å². The van der Waals surface area contributed by atoms with Crippen LogP contribution in [-0.4, -0.2) is 19.6 Å². The molecule has 168 valence electrons. The van der Waals surface area contributed by atoms with E-state index in [1.807, 2.05) is 30.5 Å². The fourth-order valence-electron chi connectivity index (χ4n) is 4.97. The molecule has 6 heteroatoms. The molecule has 0 radical (unpaired) electrons. The van der Waals surface area contributed by atoms with Crippen molar-refractivity contribution < 1.29 is 4.42 Å². The minimum atomic E-state index is -0.0518. The van der Waals surface area contributed by atoms with Crippen molar-refractivity contribution in [3.63, 3.8) is 0 Å². The fraction of sp³-hybridized carbons (Fsp3) is 0.259. The van der Waals surface area contributed by atoms with Crippen LogP contribution in [0.5, 0.6) is 0 Å². The first-order chi connectivity index (χ1) is 16.1. The number of pyridine rings is 1. The molecule has 33 heavy (non-hydrogen) atoms. The third-order valence-electron chi connectivity index (χ3n) is 6.51. The van der Waals surface area contributed by atoms with Gasteiger partial charge in [0.05, 0.1) is 30.6 Å². The number of aryl methyl sites for hydroxylation is 2. The largest absolute Gasteiger partial charge is 0.467 e. The van der Waals surface area contributed by atoms with Gasteiger partial charge < -0.3 is 19.2 Å². The number of hydrogen-bond donors (Lipinski definition) is 1. The molecule has 1 N–H and O–H groups in total. The number of benzene rings is 1. The molecule has 0 saturated carbocycles. The van der Waals surface area contributed by atoms with E-state index in [2.05, 4.69) is 76.9 Å². The summed E-state index contributed by atoms with van der Waals surface area (Å²) in [7, 11) is 0. The first kappa shape index (κ1) is 21.5. The maximum absolute atomic E-state index is 5.82. The van der Waals surface area contributed by atoms with Crippen molar-refractivity contribution in [3.05, 3.63) is 107 Å². The van der Waals surface area contributed by atoms with Gasteiger partial charge in [0.25, 0.3) is 0 Å². The summed E-state index contributed by atoms with van der Waals surface area (Å²) in [5, 5.41) is 4.26. The number of nitrogens with zero attached hydrogens (tertiary/aromatic N) is 3. The Morgan fingerprint density at radius 3 is 2.61 bits per heavy atom. The lowest BCUT2D eigenvalue weighted by atomic mass is 9.96. The maximum atomic E-state index is 5.82. The monoisotopic (exact) mass is 456 g/mol. The molecule has 0 bridgehead atoms. The number of furan rings is 1. The number of nitrogens with one attached hydrogen (secondary N) is 1. The molecule has 0 unspecified atom stereocenters. The van der Waals surface area contributed by atoms with Gasteiger partial charge in [-0.3, -0.25) is 4.98 Å². The van der Waals surface area contributed by atoms with E-state index in [-0.39, 0.29) is 12.1 Å². The van der Waals surface area contributed by atoms with Crippen LogP contribution in [0.2, 0.25) is 0 Å². The predicted octanol–water partition coefficient (Wildman–Crippen LogP) is 5.82. The van der Waals surface area contributed by atoms with E-state index in [1.165, 1.54) is 28.2 Å². The molecular formula is C27H28N4OS. The van der Waals surface area contributed by atoms with Crippen LogP contribution in [0.1, 0.15) is 53.0 Å². The van der Waals surface area contributed by atoms with Crippen LogP contribution in [0.15, 0.2) is 77.5 Å². The SMILES string of the molecule is CCc1ccccc1-n1c(C)cc([C@@H]2[C@H](c3ccccn3)NC(=S)N2Cc2ccco2)c1C. The Morgan fingerprint density at radius 1 is 1.06 bits per heavy atom. The van der Waals surface area contributed by atoms with Crippen LogP contribution in [0.25, 0.3) is 5.69 Å². The van der Waals surface area contributed by atoms with Gasteiger partial charge in [-0.05, 0) is 80.0 Å². The van der Waals surface area contributed by atoms with E-state index >= 15 is 0 Å². The van der Waals surface area contributed by atoms with Gasteiger partial charge >= 0.3 is 0 Å². The highest BCUT2D eigenvalue weighted by Gasteiger charge is 2.41. The Kier molecular flexibility index (Phi) is 5.77. The molecule has 1 aromatic carbocycles. The highest BCUT2D eigenvalue weighted by Crippen LogP contribution is 2.42. The number of aromatic nitrogens is 2. The molecule has 0 spiro atoms. The molecule has 5 rings (SSSR count). The molecule has 2 atom stereocenters. The molecule has 3 aromatic heterocycles. The third kappa shape index (κ3) is 3.85. The second kappa shape index (κ2) is 8.87. The number of para-hydroxylation sites is 1. The molecule has 0 aliphatic carbocycles. The molecule has 1 fully saturated rings. The normalized spacial score (nSPS) is 18.0. The summed E-state index contributed by atoms with van der Waals surface area (Å²) in [6.45, 7) is 7.18. The summed E-state index contributed by atoms with van der Waals surface area (Å²) in [6.07, 6.45) is 4.53. The fourth-order valence-corrected chi connectivity index (χ4v) is 5.28. The van der Waals surface area contributed by atoms with E-state index in [4.69, 9.17) is 16.6 Å². The Bertz CT molecular complexity index is 1260. The zero-order valence-electron chi connectivity index (χ0n) is 19.2. The zero-order chi connectivity index (χ0) is 22.9. The van der Waals surface area contributed by atoms with Crippen LogP contribution in [0.4, 0.5) is 0 Å². The van der Waals surface area contributed by atoms with Gasteiger partial charge in [0, 0.05) is 23.3 Å². The first-order valence-electron chi connectivity index (χ1n) is 11.4. The van der Waals surface area contributed by atoms with E-state index in [9.17, 15) is 0 Å². The van der Waals surface area contributed by atoms with Crippen LogP contribution in [-0.2, 0) is 13.0 Å². The summed E-state index contributed by atoms with van der Waals surface area (Å²) in [5.74, 6) is 0.885. The topological polar surface area (TPSA) is 46.2 Å². The van der Waals surface area contributed by atoms with Gasteiger partial charge in [0.1, 0.15) is 5.76 Å². The molecule has 1 aliphatic rings. The second-order valence-electron chi connectivity index (χ2n) is 8.48. The lowest BCUT2D eigenvalue weighted by Crippen LogP contribution is -2.29. The Morgan fingerprint density at radius 2 is 1.88 bits per heavy atom. The van der Waals surface area contributed by atoms with E-state index < -0.39 is 0 Å². The minimum Gasteiger partial charge on any atom is -0.467 e. The smallest absolute Gasteiger partial charge is 0.170 e.